The van der Waals surface area contributed by atoms with E-state index < -0.39 is 9.84 Å². The summed E-state index contributed by atoms with van der Waals surface area (Å²) in [6.45, 7) is 4.92. The zero-order valence-electron chi connectivity index (χ0n) is 16.1. The average Bonchev–Trinajstić information content (AvgIpc) is 3.15. The normalized spacial score (nSPS) is 20.0. The Balaban J connectivity index is 1.85. The molecule has 1 aliphatic heterocycles. The second kappa shape index (κ2) is 7.82. The van der Waals surface area contributed by atoms with Gasteiger partial charge >= 0.3 is 0 Å². The fourth-order valence-corrected chi connectivity index (χ4v) is 4.89. The summed E-state index contributed by atoms with van der Waals surface area (Å²) < 4.78 is 38.6. The van der Waals surface area contributed by atoms with Crippen LogP contribution in [0.3, 0.4) is 0 Å². The molecule has 152 valence electrons. The summed E-state index contributed by atoms with van der Waals surface area (Å²) in [5.41, 5.74) is 0.709. The molecule has 1 fully saturated rings. The van der Waals surface area contributed by atoms with Crippen molar-refractivity contribution in [3.8, 4) is 11.5 Å². The van der Waals surface area contributed by atoms with Gasteiger partial charge in [0.2, 0.25) is 26.6 Å². The van der Waals surface area contributed by atoms with Crippen LogP contribution in [0.15, 0.2) is 68.9 Å². The molecule has 6 nitrogen and oxygen atoms in total. The maximum atomic E-state index is 13.4. The molecule has 2 heterocycles. The quantitative estimate of drug-likeness (QED) is 0.606. The molecule has 0 amide bonds. The standard InChI is InChI=1S/C21H21ClN2O4S/c1-14-12-24(13-15(2)27-14)21-20(23-19(28-21)16-6-4-3-5-7-16)29(25,26)18-10-8-17(22)9-11-18/h3-11,14-15H,12-13H2,1-2H3/t14-,15+. The first-order valence-electron chi connectivity index (χ1n) is 9.32. The van der Waals surface area contributed by atoms with Gasteiger partial charge in [0.25, 0.3) is 0 Å². The van der Waals surface area contributed by atoms with Crippen LogP contribution in [0.5, 0.6) is 0 Å². The molecule has 29 heavy (non-hydrogen) atoms. The number of aromatic nitrogens is 1. The van der Waals surface area contributed by atoms with Crippen molar-refractivity contribution >= 4 is 27.3 Å². The molecule has 0 unspecified atom stereocenters. The third-order valence-electron chi connectivity index (χ3n) is 4.69. The van der Waals surface area contributed by atoms with Crippen molar-refractivity contribution in [1.82, 2.24) is 4.98 Å². The molecule has 0 radical (unpaired) electrons. The Bertz CT molecular complexity index is 1090. The summed E-state index contributed by atoms with van der Waals surface area (Å²) in [4.78, 5) is 6.41. The molecular weight excluding hydrogens is 412 g/mol. The maximum absolute atomic E-state index is 13.4. The Morgan fingerprint density at radius 1 is 1.00 bits per heavy atom. The van der Waals surface area contributed by atoms with Crippen LogP contribution in [-0.4, -0.2) is 38.7 Å². The van der Waals surface area contributed by atoms with E-state index in [1.54, 1.807) is 12.1 Å². The molecular formula is C21H21ClN2O4S. The largest absolute Gasteiger partial charge is 0.419 e. The highest BCUT2D eigenvalue weighted by Crippen LogP contribution is 2.36. The van der Waals surface area contributed by atoms with E-state index in [9.17, 15) is 8.42 Å². The first-order valence-corrected chi connectivity index (χ1v) is 11.2. The molecule has 1 saturated heterocycles. The van der Waals surface area contributed by atoms with E-state index in [1.165, 1.54) is 12.1 Å². The van der Waals surface area contributed by atoms with Crippen LogP contribution in [0.4, 0.5) is 5.88 Å². The highest BCUT2D eigenvalue weighted by atomic mass is 35.5. The molecule has 3 aromatic rings. The minimum Gasteiger partial charge on any atom is -0.419 e. The Morgan fingerprint density at radius 3 is 2.24 bits per heavy atom. The molecule has 0 bridgehead atoms. The molecule has 0 N–H and O–H groups in total. The summed E-state index contributed by atoms with van der Waals surface area (Å²) in [7, 11) is -3.90. The summed E-state index contributed by atoms with van der Waals surface area (Å²) >= 11 is 5.93. The molecule has 8 heteroatoms. The number of rotatable bonds is 4. The van der Waals surface area contributed by atoms with Gasteiger partial charge in [-0.1, -0.05) is 29.8 Å². The van der Waals surface area contributed by atoms with E-state index in [0.717, 1.165) is 0 Å². The summed E-state index contributed by atoms with van der Waals surface area (Å²) in [6.07, 6.45) is -0.120. The van der Waals surface area contributed by atoms with Crippen LogP contribution >= 0.6 is 11.6 Å². The first kappa shape index (κ1) is 19.9. The van der Waals surface area contributed by atoms with Gasteiger partial charge in [0.15, 0.2) is 0 Å². The number of hydrogen-bond donors (Lipinski definition) is 0. The Labute approximate surface area is 175 Å². The molecule has 2 aromatic carbocycles. The first-order chi connectivity index (χ1) is 13.8. The van der Waals surface area contributed by atoms with Gasteiger partial charge in [0.1, 0.15) is 0 Å². The SMILES string of the molecule is C[C@@H]1CN(c2oc(-c3ccccc3)nc2S(=O)(=O)c2ccc(Cl)cc2)C[C@H](C)O1. The van der Waals surface area contributed by atoms with Crippen molar-refractivity contribution < 1.29 is 17.6 Å². The lowest BCUT2D eigenvalue weighted by molar-refractivity contribution is -0.00657. The van der Waals surface area contributed by atoms with Crippen LogP contribution in [0, 0.1) is 0 Å². The van der Waals surface area contributed by atoms with Gasteiger partial charge in [-0.15, -0.1) is 0 Å². The summed E-state index contributed by atoms with van der Waals surface area (Å²) in [5.74, 6) is 0.501. The maximum Gasteiger partial charge on any atom is 0.236 e. The topological polar surface area (TPSA) is 72.6 Å². The highest BCUT2D eigenvalue weighted by molar-refractivity contribution is 7.91. The number of hydrogen-bond acceptors (Lipinski definition) is 6. The van der Waals surface area contributed by atoms with E-state index in [-0.39, 0.29) is 33.9 Å². The molecule has 4 rings (SSSR count). The van der Waals surface area contributed by atoms with E-state index in [1.807, 2.05) is 49.1 Å². The number of benzene rings is 2. The van der Waals surface area contributed by atoms with E-state index in [2.05, 4.69) is 4.98 Å². The summed E-state index contributed by atoms with van der Waals surface area (Å²) in [6, 6.07) is 15.3. The van der Waals surface area contributed by atoms with Crippen LogP contribution in [0.2, 0.25) is 5.02 Å². The number of halogens is 1. The monoisotopic (exact) mass is 432 g/mol. The van der Waals surface area contributed by atoms with Crippen LogP contribution in [-0.2, 0) is 14.6 Å². The lowest BCUT2D eigenvalue weighted by Gasteiger charge is -2.35. The zero-order valence-corrected chi connectivity index (χ0v) is 17.7. The minimum absolute atomic E-state index is 0.0601. The van der Waals surface area contributed by atoms with Crippen molar-refractivity contribution in [2.24, 2.45) is 0 Å². The van der Waals surface area contributed by atoms with Gasteiger partial charge in [0.05, 0.1) is 17.1 Å². The number of ether oxygens (including phenoxy) is 1. The van der Waals surface area contributed by atoms with Crippen LogP contribution < -0.4 is 4.90 Å². The predicted octanol–water partition coefficient (Wildman–Crippen LogP) is 4.44. The lowest BCUT2D eigenvalue weighted by Crippen LogP contribution is -2.45. The fraction of sp³-hybridized carbons (Fsp3) is 0.286. The Kier molecular flexibility index (Phi) is 5.38. The molecule has 0 aliphatic carbocycles. The zero-order chi connectivity index (χ0) is 20.6. The number of morpholine rings is 1. The van der Waals surface area contributed by atoms with Gasteiger partial charge in [-0.25, -0.2) is 8.42 Å². The Morgan fingerprint density at radius 2 is 1.62 bits per heavy atom. The third kappa shape index (κ3) is 4.03. The average molecular weight is 433 g/mol. The summed E-state index contributed by atoms with van der Waals surface area (Å²) in [5, 5.41) is 0.366. The molecule has 0 saturated carbocycles. The molecule has 2 atom stereocenters. The van der Waals surface area contributed by atoms with E-state index in [4.69, 9.17) is 20.8 Å². The lowest BCUT2D eigenvalue weighted by atomic mass is 10.2. The molecule has 0 spiro atoms. The van der Waals surface area contributed by atoms with Crippen molar-refractivity contribution in [2.45, 2.75) is 36.0 Å². The number of sulfone groups is 1. The second-order valence-electron chi connectivity index (χ2n) is 7.12. The van der Waals surface area contributed by atoms with Gasteiger partial charge in [0, 0.05) is 23.7 Å². The third-order valence-corrected chi connectivity index (χ3v) is 6.61. The number of oxazole rings is 1. The number of anilines is 1. The van der Waals surface area contributed by atoms with E-state index in [0.29, 0.717) is 23.7 Å². The van der Waals surface area contributed by atoms with Crippen LogP contribution in [0.1, 0.15) is 13.8 Å². The fourth-order valence-electron chi connectivity index (χ4n) is 3.45. The Hall–Kier alpha value is -2.35. The van der Waals surface area contributed by atoms with Crippen molar-refractivity contribution in [3.63, 3.8) is 0 Å². The minimum atomic E-state index is -3.90. The number of nitrogens with zero attached hydrogens (tertiary/aromatic N) is 2. The van der Waals surface area contributed by atoms with Gasteiger partial charge in [-0.05, 0) is 50.2 Å². The molecule has 1 aliphatic rings. The smallest absolute Gasteiger partial charge is 0.236 e. The second-order valence-corrected chi connectivity index (χ2v) is 9.42. The van der Waals surface area contributed by atoms with Gasteiger partial charge in [-0.3, -0.25) is 0 Å². The van der Waals surface area contributed by atoms with Gasteiger partial charge in [-0.2, -0.15) is 4.98 Å². The van der Waals surface area contributed by atoms with Crippen molar-refractivity contribution in [1.29, 1.82) is 0 Å². The van der Waals surface area contributed by atoms with Gasteiger partial charge < -0.3 is 14.1 Å². The highest BCUT2D eigenvalue weighted by Gasteiger charge is 2.34. The van der Waals surface area contributed by atoms with E-state index >= 15 is 0 Å². The van der Waals surface area contributed by atoms with Crippen molar-refractivity contribution in [2.75, 3.05) is 18.0 Å². The predicted molar refractivity (Wildman–Crippen MR) is 111 cm³/mol. The molecule has 1 aromatic heterocycles. The van der Waals surface area contributed by atoms with Crippen molar-refractivity contribution in [3.05, 3.63) is 59.6 Å². The van der Waals surface area contributed by atoms with Crippen LogP contribution in [0.25, 0.3) is 11.5 Å².